The van der Waals surface area contributed by atoms with Gasteiger partial charge in [-0.05, 0) is 53.9 Å². The van der Waals surface area contributed by atoms with Crippen LogP contribution in [0.5, 0.6) is 5.75 Å². The fourth-order valence-electron chi connectivity index (χ4n) is 5.00. The summed E-state index contributed by atoms with van der Waals surface area (Å²) >= 11 is 6.04. The Morgan fingerprint density at radius 2 is 1.53 bits per heavy atom. The Morgan fingerprint density at radius 1 is 0.974 bits per heavy atom. The van der Waals surface area contributed by atoms with Crippen molar-refractivity contribution in [2.45, 2.75) is 19.4 Å². The molecule has 1 amide bonds. The maximum absolute atomic E-state index is 13.6. The molecule has 1 aliphatic rings. The smallest absolute Gasteiger partial charge is 0.340 e. The van der Waals surface area contributed by atoms with Crippen LogP contribution in [0.25, 0.3) is 11.0 Å². The zero-order chi connectivity index (χ0) is 27.0. The minimum Gasteiger partial charge on any atom is -0.506 e. The van der Waals surface area contributed by atoms with E-state index in [9.17, 15) is 23.5 Å². The van der Waals surface area contributed by atoms with Gasteiger partial charge in [-0.1, -0.05) is 35.9 Å². The number of phenols is 1. The molecule has 0 atom stereocenters. The maximum Gasteiger partial charge on any atom is 0.340 e. The first-order valence-corrected chi connectivity index (χ1v) is 12.6. The summed E-state index contributed by atoms with van der Waals surface area (Å²) in [5.74, 6) is -1.07. The van der Waals surface area contributed by atoms with Gasteiger partial charge in [0.15, 0.2) is 0 Å². The van der Waals surface area contributed by atoms with Gasteiger partial charge >= 0.3 is 5.63 Å². The van der Waals surface area contributed by atoms with Crippen LogP contribution in [0.4, 0.5) is 8.78 Å². The van der Waals surface area contributed by atoms with Crippen LogP contribution in [0.1, 0.15) is 28.3 Å². The van der Waals surface area contributed by atoms with Gasteiger partial charge in [-0.2, -0.15) is 0 Å². The van der Waals surface area contributed by atoms with Gasteiger partial charge in [0.05, 0.1) is 23.0 Å². The number of phenolic OH excluding ortho intramolecular Hbond substituents is 1. The zero-order valence-electron chi connectivity index (χ0n) is 20.6. The van der Waals surface area contributed by atoms with Crippen molar-refractivity contribution in [2.24, 2.45) is 0 Å². The standard InChI is InChI=1S/C29H25ClF2N2O4/c1-17-22-14-24(30)25(35)16-26(22)38-29(37)23(17)15-27(36)33-10-12-34(13-11-33)28(18-2-6-20(31)7-3-18)19-4-8-21(32)9-5-19/h2-9,14,16,28,35H,10-13,15H2,1H3. The van der Waals surface area contributed by atoms with Crippen molar-refractivity contribution in [3.8, 4) is 5.75 Å². The molecule has 9 heteroatoms. The van der Waals surface area contributed by atoms with E-state index in [0.717, 1.165) is 11.1 Å². The molecule has 1 aliphatic heterocycles. The van der Waals surface area contributed by atoms with Crippen molar-refractivity contribution >= 4 is 28.5 Å². The number of carbonyl (C=O) groups excluding carboxylic acids is 1. The summed E-state index contributed by atoms with van der Waals surface area (Å²) in [7, 11) is 0. The fraction of sp³-hybridized carbons (Fsp3) is 0.241. The van der Waals surface area contributed by atoms with E-state index in [0.29, 0.717) is 37.1 Å². The van der Waals surface area contributed by atoms with Gasteiger partial charge in [-0.3, -0.25) is 9.69 Å². The van der Waals surface area contributed by atoms with E-state index in [2.05, 4.69) is 4.90 Å². The molecular weight excluding hydrogens is 514 g/mol. The lowest BCUT2D eigenvalue weighted by Gasteiger charge is -2.40. The molecule has 1 aromatic heterocycles. The number of nitrogens with zero attached hydrogens (tertiary/aromatic N) is 2. The van der Waals surface area contributed by atoms with E-state index < -0.39 is 5.63 Å². The predicted molar refractivity (Wildman–Crippen MR) is 140 cm³/mol. The van der Waals surface area contributed by atoms with Crippen LogP contribution in [0, 0.1) is 18.6 Å². The molecule has 6 nitrogen and oxygen atoms in total. The first-order chi connectivity index (χ1) is 18.2. The molecule has 3 aromatic carbocycles. The number of halogens is 3. The number of rotatable bonds is 5. The number of amides is 1. The third-order valence-electron chi connectivity index (χ3n) is 7.09. The Bertz CT molecular complexity index is 1500. The Kier molecular flexibility index (Phi) is 7.19. The third kappa shape index (κ3) is 5.14. The Hall–Kier alpha value is -3.75. The minimum atomic E-state index is -0.628. The van der Waals surface area contributed by atoms with E-state index in [1.54, 1.807) is 36.1 Å². The van der Waals surface area contributed by atoms with Gasteiger partial charge in [0, 0.05) is 37.6 Å². The highest BCUT2D eigenvalue weighted by Gasteiger charge is 2.29. The number of fused-ring (bicyclic) bond motifs is 1. The van der Waals surface area contributed by atoms with Gasteiger partial charge in [0.1, 0.15) is 23.0 Å². The topological polar surface area (TPSA) is 74.0 Å². The van der Waals surface area contributed by atoms with Crippen molar-refractivity contribution in [2.75, 3.05) is 26.2 Å². The molecule has 1 N–H and O–H groups in total. The summed E-state index contributed by atoms with van der Waals surface area (Å²) < 4.78 is 32.5. The molecule has 38 heavy (non-hydrogen) atoms. The van der Waals surface area contributed by atoms with Gasteiger partial charge in [-0.25, -0.2) is 13.6 Å². The van der Waals surface area contributed by atoms with Gasteiger partial charge in [0.2, 0.25) is 5.91 Å². The van der Waals surface area contributed by atoms with Crippen LogP contribution in [0.2, 0.25) is 5.02 Å². The highest BCUT2D eigenvalue weighted by atomic mass is 35.5. The molecule has 1 fully saturated rings. The van der Waals surface area contributed by atoms with Crippen LogP contribution >= 0.6 is 11.6 Å². The van der Waals surface area contributed by atoms with Crippen molar-refractivity contribution in [1.82, 2.24) is 9.80 Å². The van der Waals surface area contributed by atoms with Crippen LogP contribution in [-0.4, -0.2) is 47.0 Å². The van der Waals surface area contributed by atoms with Gasteiger partial charge in [0.25, 0.3) is 0 Å². The van der Waals surface area contributed by atoms with Crippen molar-refractivity contribution in [3.63, 3.8) is 0 Å². The Morgan fingerprint density at radius 3 is 2.08 bits per heavy atom. The molecule has 4 aromatic rings. The number of hydrogen-bond donors (Lipinski definition) is 1. The first-order valence-electron chi connectivity index (χ1n) is 12.2. The lowest BCUT2D eigenvalue weighted by Crippen LogP contribution is -2.50. The normalized spacial score (nSPS) is 14.4. The molecule has 0 saturated carbocycles. The molecule has 1 saturated heterocycles. The lowest BCUT2D eigenvalue weighted by molar-refractivity contribution is -0.132. The average Bonchev–Trinajstić information content (AvgIpc) is 2.90. The summed E-state index contributed by atoms with van der Waals surface area (Å²) in [6, 6.07) is 15.0. The monoisotopic (exact) mass is 538 g/mol. The average molecular weight is 539 g/mol. The maximum atomic E-state index is 13.6. The summed E-state index contributed by atoms with van der Waals surface area (Å²) in [6.07, 6.45) is -0.123. The zero-order valence-corrected chi connectivity index (χ0v) is 21.3. The number of carbonyl (C=O) groups is 1. The van der Waals surface area contributed by atoms with Crippen LogP contribution in [-0.2, 0) is 11.2 Å². The minimum absolute atomic E-state index is 0.123. The third-order valence-corrected chi connectivity index (χ3v) is 7.39. The van der Waals surface area contributed by atoms with Crippen LogP contribution in [0.3, 0.4) is 0 Å². The Balaban J connectivity index is 1.34. The molecule has 196 valence electrons. The number of aromatic hydroxyl groups is 1. The molecule has 0 unspecified atom stereocenters. The van der Waals surface area contributed by atoms with E-state index in [4.69, 9.17) is 16.0 Å². The number of piperazine rings is 1. The SMILES string of the molecule is Cc1c(CC(=O)N2CCN(C(c3ccc(F)cc3)c3ccc(F)cc3)CC2)c(=O)oc2cc(O)c(Cl)cc12. The Labute approximate surface area is 222 Å². The first kappa shape index (κ1) is 25.9. The molecule has 2 heterocycles. The second-order valence-corrected chi connectivity index (χ2v) is 9.80. The van der Waals surface area contributed by atoms with Crippen molar-refractivity contribution in [1.29, 1.82) is 0 Å². The van der Waals surface area contributed by atoms with Crippen molar-refractivity contribution < 1.29 is 23.1 Å². The molecule has 0 radical (unpaired) electrons. The summed E-state index contributed by atoms with van der Waals surface area (Å²) in [5.41, 5.74) is 2.14. The molecule has 0 aliphatic carbocycles. The number of aryl methyl sites for hydroxylation is 1. The van der Waals surface area contributed by atoms with Gasteiger partial charge in [-0.15, -0.1) is 0 Å². The van der Waals surface area contributed by atoms with Crippen molar-refractivity contribution in [3.05, 3.63) is 110 Å². The van der Waals surface area contributed by atoms with E-state index in [1.807, 2.05) is 0 Å². The van der Waals surface area contributed by atoms with Crippen LogP contribution in [0.15, 0.2) is 69.9 Å². The molecule has 0 spiro atoms. The summed E-state index contributed by atoms with van der Waals surface area (Å²) in [4.78, 5) is 29.7. The number of benzene rings is 3. The highest BCUT2D eigenvalue weighted by molar-refractivity contribution is 6.32. The predicted octanol–water partition coefficient (Wildman–Crippen LogP) is 5.21. The molecular formula is C29H25ClF2N2O4. The number of hydrogen-bond acceptors (Lipinski definition) is 5. The second-order valence-electron chi connectivity index (χ2n) is 9.39. The van der Waals surface area contributed by atoms with E-state index in [-0.39, 0.29) is 51.9 Å². The second kappa shape index (κ2) is 10.6. The van der Waals surface area contributed by atoms with E-state index in [1.165, 1.54) is 36.4 Å². The highest BCUT2D eigenvalue weighted by Crippen LogP contribution is 2.32. The quantitative estimate of drug-likeness (QED) is 0.353. The van der Waals surface area contributed by atoms with Crippen LogP contribution < -0.4 is 5.63 Å². The summed E-state index contributed by atoms with van der Waals surface area (Å²) in [5, 5.41) is 10.5. The summed E-state index contributed by atoms with van der Waals surface area (Å²) in [6.45, 7) is 3.64. The fourth-order valence-corrected chi connectivity index (χ4v) is 5.16. The largest absolute Gasteiger partial charge is 0.506 e. The lowest BCUT2D eigenvalue weighted by atomic mass is 9.96. The van der Waals surface area contributed by atoms with Gasteiger partial charge < -0.3 is 14.4 Å². The van der Waals surface area contributed by atoms with E-state index >= 15 is 0 Å². The molecule has 0 bridgehead atoms. The molecule has 5 rings (SSSR count).